The van der Waals surface area contributed by atoms with Crippen LogP contribution in [0.2, 0.25) is 0 Å². The van der Waals surface area contributed by atoms with Crippen molar-refractivity contribution in [2.75, 3.05) is 5.32 Å². The highest BCUT2D eigenvalue weighted by Crippen LogP contribution is 2.40. The number of fused-ring (bicyclic) bond motifs is 1. The summed E-state index contributed by atoms with van der Waals surface area (Å²) in [7, 11) is 0. The van der Waals surface area contributed by atoms with Gasteiger partial charge in [-0.15, -0.1) is 0 Å². The number of benzene rings is 1. The van der Waals surface area contributed by atoms with E-state index >= 15 is 0 Å². The van der Waals surface area contributed by atoms with Crippen LogP contribution >= 0.6 is 0 Å². The lowest BCUT2D eigenvalue weighted by Crippen LogP contribution is -2.23. The molecule has 1 saturated carbocycles. The van der Waals surface area contributed by atoms with Crippen molar-refractivity contribution < 1.29 is 9.32 Å². The minimum atomic E-state index is -0.120. The molecule has 0 radical (unpaired) electrons. The summed E-state index contributed by atoms with van der Waals surface area (Å²) in [5.41, 5.74) is 1.89. The first-order valence-corrected chi connectivity index (χ1v) is 6.53. The first kappa shape index (κ1) is 10.7. The summed E-state index contributed by atoms with van der Waals surface area (Å²) in [6.45, 7) is 0. The zero-order chi connectivity index (χ0) is 12.8. The highest BCUT2D eigenvalue weighted by molar-refractivity contribution is 5.95. The molecule has 1 aromatic carbocycles. The zero-order valence-electron chi connectivity index (χ0n) is 10.3. The summed E-state index contributed by atoms with van der Waals surface area (Å²) in [5.74, 6) is 1.69. The standard InChI is InChI=1S/C14H13N3O2/c18-12-7-10(9-3-1-2-4-11(9)15-12)14-16-13(17-19-14)8-5-6-8/h1-4,8,10H,5-7H2,(H,15,18)/t10-/m1/s1. The summed E-state index contributed by atoms with van der Waals surface area (Å²) in [4.78, 5) is 16.2. The van der Waals surface area contributed by atoms with Crippen LogP contribution in [0.25, 0.3) is 0 Å². The largest absolute Gasteiger partial charge is 0.339 e. The smallest absolute Gasteiger partial charge is 0.234 e. The Morgan fingerprint density at radius 1 is 1.26 bits per heavy atom. The fourth-order valence-corrected chi connectivity index (χ4v) is 2.53. The fraction of sp³-hybridized carbons (Fsp3) is 0.357. The number of nitrogens with one attached hydrogen (secondary N) is 1. The van der Waals surface area contributed by atoms with E-state index in [0.29, 0.717) is 18.2 Å². The number of nitrogens with zero attached hydrogens (tertiary/aromatic N) is 2. The molecule has 4 rings (SSSR count). The molecule has 0 bridgehead atoms. The van der Waals surface area contributed by atoms with Gasteiger partial charge in [-0.3, -0.25) is 4.79 Å². The predicted molar refractivity (Wildman–Crippen MR) is 67.8 cm³/mol. The molecule has 96 valence electrons. The lowest BCUT2D eigenvalue weighted by molar-refractivity contribution is -0.116. The maximum Gasteiger partial charge on any atom is 0.234 e. The molecule has 2 aliphatic rings. The van der Waals surface area contributed by atoms with Crippen LogP contribution in [-0.4, -0.2) is 16.0 Å². The van der Waals surface area contributed by atoms with Gasteiger partial charge >= 0.3 is 0 Å². The molecule has 19 heavy (non-hydrogen) atoms. The number of hydrogen-bond acceptors (Lipinski definition) is 4. The number of para-hydroxylation sites is 1. The van der Waals surface area contributed by atoms with E-state index in [2.05, 4.69) is 15.5 Å². The van der Waals surface area contributed by atoms with Gasteiger partial charge in [-0.2, -0.15) is 4.98 Å². The number of amides is 1. The van der Waals surface area contributed by atoms with Crippen molar-refractivity contribution in [2.24, 2.45) is 0 Å². The predicted octanol–water partition coefficient (Wildman–Crippen LogP) is 2.42. The molecule has 1 N–H and O–H groups in total. The van der Waals surface area contributed by atoms with Crippen molar-refractivity contribution in [1.29, 1.82) is 0 Å². The molecular formula is C14H13N3O2. The Balaban J connectivity index is 1.75. The van der Waals surface area contributed by atoms with E-state index in [1.165, 1.54) is 0 Å². The highest BCUT2D eigenvalue weighted by atomic mass is 16.5. The summed E-state index contributed by atoms with van der Waals surface area (Å²) in [5, 5.41) is 6.91. The van der Waals surface area contributed by atoms with Gasteiger partial charge < -0.3 is 9.84 Å². The van der Waals surface area contributed by atoms with Crippen LogP contribution in [0.3, 0.4) is 0 Å². The number of anilines is 1. The summed E-state index contributed by atoms with van der Waals surface area (Å²) < 4.78 is 5.37. The van der Waals surface area contributed by atoms with Gasteiger partial charge in [-0.05, 0) is 24.5 Å². The molecule has 1 aliphatic carbocycles. The average Bonchev–Trinajstić information content (AvgIpc) is 3.16. The van der Waals surface area contributed by atoms with Gasteiger partial charge in [0.25, 0.3) is 0 Å². The van der Waals surface area contributed by atoms with Crippen molar-refractivity contribution in [3.8, 4) is 0 Å². The van der Waals surface area contributed by atoms with Gasteiger partial charge in [0, 0.05) is 18.0 Å². The Hall–Kier alpha value is -2.17. The molecule has 5 heteroatoms. The molecule has 1 fully saturated rings. The lowest BCUT2D eigenvalue weighted by Gasteiger charge is -2.22. The number of rotatable bonds is 2. The number of carbonyl (C=O) groups excluding carboxylic acids is 1. The van der Waals surface area contributed by atoms with E-state index in [-0.39, 0.29) is 11.8 Å². The van der Waals surface area contributed by atoms with Gasteiger partial charge in [0.15, 0.2) is 5.82 Å². The van der Waals surface area contributed by atoms with Crippen LogP contribution in [0.1, 0.15) is 48.4 Å². The van der Waals surface area contributed by atoms with Crippen LogP contribution < -0.4 is 5.32 Å². The van der Waals surface area contributed by atoms with Crippen LogP contribution in [0.15, 0.2) is 28.8 Å². The minimum Gasteiger partial charge on any atom is -0.339 e. The molecule has 5 nitrogen and oxygen atoms in total. The summed E-state index contributed by atoms with van der Waals surface area (Å²) in [6, 6.07) is 7.77. The van der Waals surface area contributed by atoms with Crippen molar-refractivity contribution in [3.05, 3.63) is 41.5 Å². The van der Waals surface area contributed by atoms with Gasteiger partial charge in [-0.1, -0.05) is 23.4 Å². The Bertz CT molecular complexity index is 646. The van der Waals surface area contributed by atoms with Crippen molar-refractivity contribution in [1.82, 2.24) is 10.1 Å². The Kier molecular flexibility index (Phi) is 2.21. The quantitative estimate of drug-likeness (QED) is 0.894. The van der Waals surface area contributed by atoms with E-state index in [4.69, 9.17) is 4.52 Å². The Morgan fingerprint density at radius 2 is 2.11 bits per heavy atom. The minimum absolute atomic E-state index is 0.00475. The molecular weight excluding hydrogens is 242 g/mol. The molecule has 1 aromatic heterocycles. The third-order valence-corrected chi connectivity index (χ3v) is 3.70. The van der Waals surface area contributed by atoms with Crippen molar-refractivity contribution in [3.63, 3.8) is 0 Å². The molecule has 0 saturated heterocycles. The molecule has 0 spiro atoms. The van der Waals surface area contributed by atoms with Crippen molar-refractivity contribution >= 4 is 11.6 Å². The molecule has 1 amide bonds. The first-order valence-electron chi connectivity index (χ1n) is 6.53. The Labute approximate surface area is 110 Å². The second-order valence-corrected chi connectivity index (χ2v) is 5.16. The molecule has 2 aromatic rings. The Morgan fingerprint density at radius 3 is 2.95 bits per heavy atom. The maximum atomic E-state index is 11.8. The maximum absolute atomic E-state index is 11.8. The van der Waals surface area contributed by atoms with E-state index < -0.39 is 0 Å². The number of aromatic nitrogens is 2. The second-order valence-electron chi connectivity index (χ2n) is 5.16. The van der Waals surface area contributed by atoms with Gasteiger partial charge in [0.1, 0.15) is 0 Å². The summed E-state index contributed by atoms with van der Waals surface area (Å²) >= 11 is 0. The van der Waals surface area contributed by atoms with Gasteiger partial charge in [-0.25, -0.2) is 0 Å². The van der Waals surface area contributed by atoms with E-state index in [9.17, 15) is 4.79 Å². The zero-order valence-corrected chi connectivity index (χ0v) is 10.3. The monoisotopic (exact) mass is 255 g/mol. The van der Waals surface area contributed by atoms with Crippen LogP contribution in [0, 0.1) is 0 Å². The van der Waals surface area contributed by atoms with Gasteiger partial charge in [0.2, 0.25) is 11.8 Å². The molecule has 2 heterocycles. The van der Waals surface area contributed by atoms with E-state index in [1.807, 2.05) is 24.3 Å². The SMILES string of the molecule is O=C1C[C@@H](c2nc(C3CC3)no2)c2ccccc2N1. The van der Waals surface area contributed by atoms with Crippen LogP contribution in [0.4, 0.5) is 5.69 Å². The topological polar surface area (TPSA) is 68.0 Å². The summed E-state index contributed by atoms with van der Waals surface area (Å²) in [6.07, 6.45) is 2.64. The molecule has 1 aliphatic heterocycles. The third kappa shape index (κ3) is 1.82. The highest BCUT2D eigenvalue weighted by Gasteiger charge is 2.33. The van der Waals surface area contributed by atoms with Crippen LogP contribution in [-0.2, 0) is 4.79 Å². The third-order valence-electron chi connectivity index (χ3n) is 3.70. The molecule has 0 unspecified atom stereocenters. The van der Waals surface area contributed by atoms with E-state index in [0.717, 1.165) is 29.9 Å². The first-order chi connectivity index (χ1) is 9.31. The number of hydrogen-bond donors (Lipinski definition) is 1. The second kappa shape index (κ2) is 3.91. The van der Waals surface area contributed by atoms with Gasteiger partial charge in [0.05, 0.1) is 5.92 Å². The van der Waals surface area contributed by atoms with E-state index in [1.54, 1.807) is 0 Å². The van der Waals surface area contributed by atoms with Crippen molar-refractivity contribution in [2.45, 2.75) is 31.1 Å². The average molecular weight is 255 g/mol. The normalized spacial score (nSPS) is 21.9. The fourth-order valence-electron chi connectivity index (χ4n) is 2.53. The van der Waals surface area contributed by atoms with Crippen LogP contribution in [0.5, 0.6) is 0 Å². The lowest BCUT2D eigenvalue weighted by atomic mass is 9.90. The molecule has 1 atom stereocenters. The number of carbonyl (C=O) groups is 1.